The second-order valence-corrected chi connectivity index (χ2v) is 11.1. The van der Waals surface area contributed by atoms with Crippen LogP contribution in [0.1, 0.15) is 66.6 Å². The van der Waals surface area contributed by atoms with Gasteiger partial charge in [-0.05, 0) is 73.3 Å². The van der Waals surface area contributed by atoms with Crippen LogP contribution in [0.15, 0.2) is 54.6 Å². The van der Waals surface area contributed by atoms with Crippen LogP contribution in [0.4, 0.5) is 4.39 Å². The summed E-state index contributed by atoms with van der Waals surface area (Å²) in [6.07, 6.45) is 4.10. The zero-order valence-electron chi connectivity index (χ0n) is 21.7. The number of nitrogens with zero attached hydrogens (tertiary/aromatic N) is 1. The lowest BCUT2D eigenvalue weighted by Gasteiger charge is -2.35. The molecule has 200 valence electrons. The molecule has 0 radical (unpaired) electrons. The van der Waals surface area contributed by atoms with Crippen molar-refractivity contribution < 1.29 is 23.9 Å². The van der Waals surface area contributed by atoms with Crippen LogP contribution in [-0.4, -0.2) is 51.9 Å². The van der Waals surface area contributed by atoms with E-state index in [2.05, 4.69) is 4.98 Å². The van der Waals surface area contributed by atoms with Crippen molar-refractivity contribution in [1.29, 1.82) is 0 Å². The van der Waals surface area contributed by atoms with Crippen molar-refractivity contribution in [2.24, 2.45) is 17.8 Å². The minimum Gasteiger partial charge on any atom is -0.477 e. The van der Waals surface area contributed by atoms with E-state index < -0.39 is 12.0 Å². The molecule has 3 atom stereocenters. The third-order valence-electron chi connectivity index (χ3n) is 8.70. The molecule has 0 bridgehead atoms. The Labute approximate surface area is 222 Å². The first-order valence-electron chi connectivity index (χ1n) is 13.6. The van der Waals surface area contributed by atoms with Crippen LogP contribution < -0.4 is 0 Å². The van der Waals surface area contributed by atoms with Gasteiger partial charge in [-0.3, -0.25) is 14.0 Å². The number of amides is 1. The summed E-state index contributed by atoms with van der Waals surface area (Å²) in [4.78, 5) is 43.7. The zero-order valence-corrected chi connectivity index (χ0v) is 21.7. The van der Waals surface area contributed by atoms with Crippen LogP contribution >= 0.6 is 0 Å². The summed E-state index contributed by atoms with van der Waals surface area (Å²) in [5, 5.41) is 10.0. The van der Waals surface area contributed by atoms with E-state index in [1.807, 2.05) is 54.3 Å². The predicted molar refractivity (Wildman–Crippen MR) is 144 cm³/mol. The van der Waals surface area contributed by atoms with E-state index in [1.165, 1.54) is 0 Å². The SMILES string of the molecule is C[C@H](CF)C1CCC(C(=O)N2CC[C@@H](c3ccccc3)[C@H]2C(=O)Cc2ccc3[nH]c(C(=O)O)cc3c2)CC1. The molecule has 1 aromatic heterocycles. The molecule has 1 saturated carbocycles. The van der Waals surface area contributed by atoms with Gasteiger partial charge >= 0.3 is 5.97 Å². The highest BCUT2D eigenvalue weighted by molar-refractivity contribution is 5.95. The van der Waals surface area contributed by atoms with Crippen molar-refractivity contribution in [3.05, 3.63) is 71.4 Å². The number of hydrogen-bond acceptors (Lipinski definition) is 3. The minimum atomic E-state index is -1.03. The van der Waals surface area contributed by atoms with Gasteiger partial charge in [-0.25, -0.2) is 4.79 Å². The number of nitrogens with one attached hydrogen (secondary N) is 1. The molecule has 1 aliphatic heterocycles. The quantitative estimate of drug-likeness (QED) is 0.396. The van der Waals surface area contributed by atoms with Crippen molar-refractivity contribution >= 4 is 28.6 Å². The van der Waals surface area contributed by atoms with Crippen LogP contribution in [0.3, 0.4) is 0 Å². The lowest BCUT2D eigenvalue weighted by molar-refractivity contribution is -0.142. The maximum absolute atomic E-state index is 13.9. The number of aromatic amines is 1. The summed E-state index contributed by atoms with van der Waals surface area (Å²) in [6.45, 7) is 2.17. The molecule has 2 N–H and O–H groups in total. The van der Waals surface area contributed by atoms with E-state index in [1.54, 1.807) is 12.1 Å². The smallest absolute Gasteiger partial charge is 0.352 e. The average Bonchev–Trinajstić information content (AvgIpc) is 3.58. The van der Waals surface area contributed by atoms with Crippen LogP contribution in [-0.2, 0) is 16.0 Å². The Kier molecular flexibility index (Phi) is 7.63. The van der Waals surface area contributed by atoms with Crippen molar-refractivity contribution in [2.45, 2.75) is 57.4 Å². The van der Waals surface area contributed by atoms with Gasteiger partial charge in [0, 0.05) is 35.7 Å². The number of rotatable bonds is 8. The molecule has 2 aromatic carbocycles. The third-order valence-corrected chi connectivity index (χ3v) is 8.70. The summed E-state index contributed by atoms with van der Waals surface area (Å²) in [5.74, 6) is -0.810. The van der Waals surface area contributed by atoms with Gasteiger partial charge in [-0.1, -0.05) is 43.3 Å². The fourth-order valence-corrected chi connectivity index (χ4v) is 6.50. The molecule has 2 fully saturated rings. The molecular weight excluding hydrogens is 483 g/mol. The number of alkyl halides is 1. The van der Waals surface area contributed by atoms with Crippen LogP contribution in [0, 0.1) is 17.8 Å². The molecule has 38 heavy (non-hydrogen) atoms. The molecule has 3 aromatic rings. The summed E-state index contributed by atoms with van der Waals surface area (Å²) in [7, 11) is 0. The monoisotopic (exact) mass is 518 g/mol. The van der Waals surface area contributed by atoms with E-state index in [-0.39, 0.29) is 48.2 Å². The maximum atomic E-state index is 13.9. The van der Waals surface area contributed by atoms with E-state index in [4.69, 9.17) is 0 Å². The molecule has 5 rings (SSSR count). The summed E-state index contributed by atoms with van der Waals surface area (Å²) in [5.41, 5.74) is 2.67. The summed E-state index contributed by atoms with van der Waals surface area (Å²) in [6, 6.07) is 16.5. The fraction of sp³-hybridized carbons (Fsp3) is 0.452. The normalized spacial score (nSPS) is 24.4. The Morgan fingerprint density at radius 2 is 1.76 bits per heavy atom. The number of carboxylic acid groups (broad SMARTS) is 1. The molecule has 7 heteroatoms. The molecule has 6 nitrogen and oxygen atoms in total. The van der Waals surface area contributed by atoms with Crippen molar-refractivity contribution in [1.82, 2.24) is 9.88 Å². The number of Topliss-reactive ketones (excluding diaryl/α,β-unsaturated/α-hetero) is 1. The Morgan fingerprint density at radius 3 is 2.45 bits per heavy atom. The number of aromatic carboxylic acids is 1. The number of halogens is 1. The van der Waals surface area contributed by atoms with Gasteiger partial charge in [-0.15, -0.1) is 0 Å². The Balaban J connectivity index is 1.37. The van der Waals surface area contributed by atoms with E-state index in [9.17, 15) is 23.9 Å². The number of carbonyl (C=O) groups excluding carboxylic acids is 2. The van der Waals surface area contributed by atoms with Gasteiger partial charge in [0.25, 0.3) is 0 Å². The minimum absolute atomic E-state index is 0.00205. The number of carbonyl (C=O) groups is 3. The largest absolute Gasteiger partial charge is 0.477 e. The van der Waals surface area contributed by atoms with E-state index in [0.29, 0.717) is 18.0 Å². The number of likely N-dealkylation sites (tertiary alicyclic amines) is 1. The number of ketones is 1. The molecule has 1 amide bonds. The standard InChI is InChI=1S/C31H35FN2O4/c1-19(18-32)21-8-10-23(11-9-21)30(36)34-14-13-25(22-5-3-2-4-6-22)29(34)28(35)16-20-7-12-26-24(15-20)17-27(33-26)31(37)38/h2-7,12,15,17,19,21,23,25,29,33H,8-11,13-14,16,18H2,1H3,(H,37,38)/t19-,21?,23?,25+,29+/m1/s1. The highest BCUT2D eigenvalue weighted by atomic mass is 19.1. The van der Waals surface area contributed by atoms with Gasteiger partial charge in [0.15, 0.2) is 5.78 Å². The topological polar surface area (TPSA) is 90.5 Å². The first kappa shape index (κ1) is 26.1. The first-order valence-corrected chi connectivity index (χ1v) is 13.6. The molecule has 1 aliphatic carbocycles. The van der Waals surface area contributed by atoms with E-state index in [0.717, 1.165) is 48.6 Å². The highest BCUT2D eigenvalue weighted by Crippen LogP contribution is 2.39. The van der Waals surface area contributed by atoms with Crippen molar-refractivity contribution in [3.8, 4) is 0 Å². The Morgan fingerprint density at radius 1 is 1.03 bits per heavy atom. The second-order valence-electron chi connectivity index (χ2n) is 11.1. The summed E-state index contributed by atoms with van der Waals surface area (Å²) < 4.78 is 13.2. The van der Waals surface area contributed by atoms with Gasteiger partial charge in [-0.2, -0.15) is 0 Å². The lowest BCUT2D eigenvalue weighted by Crippen LogP contribution is -2.46. The van der Waals surface area contributed by atoms with Crippen molar-refractivity contribution in [3.63, 3.8) is 0 Å². The number of hydrogen-bond donors (Lipinski definition) is 2. The molecule has 0 unspecified atom stereocenters. The molecular formula is C31H35FN2O4. The van der Waals surface area contributed by atoms with Gasteiger partial charge in [0.1, 0.15) is 5.69 Å². The predicted octanol–water partition coefficient (Wildman–Crippen LogP) is 5.77. The lowest BCUT2D eigenvalue weighted by atomic mass is 9.76. The maximum Gasteiger partial charge on any atom is 0.352 e. The van der Waals surface area contributed by atoms with E-state index >= 15 is 0 Å². The number of benzene rings is 2. The molecule has 0 spiro atoms. The Hall–Kier alpha value is -3.48. The zero-order chi connectivity index (χ0) is 26.8. The van der Waals surface area contributed by atoms with Gasteiger partial charge in [0.2, 0.25) is 5.91 Å². The molecule has 2 aliphatic rings. The number of carboxylic acids is 1. The van der Waals surface area contributed by atoms with Crippen molar-refractivity contribution in [2.75, 3.05) is 13.2 Å². The molecule has 1 saturated heterocycles. The van der Waals surface area contributed by atoms with Crippen LogP contribution in [0.5, 0.6) is 0 Å². The average molecular weight is 519 g/mol. The summed E-state index contributed by atoms with van der Waals surface area (Å²) >= 11 is 0. The number of aromatic nitrogens is 1. The number of fused-ring (bicyclic) bond motifs is 1. The second kappa shape index (κ2) is 11.1. The third kappa shape index (κ3) is 5.24. The Bertz CT molecular complexity index is 1310. The van der Waals surface area contributed by atoms with Crippen LogP contribution in [0.25, 0.3) is 10.9 Å². The molecule has 2 heterocycles. The van der Waals surface area contributed by atoms with Crippen LogP contribution in [0.2, 0.25) is 0 Å². The highest BCUT2D eigenvalue weighted by Gasteiger charge is 2.44. The van der Waals surface area contributed by atoms with Gasteiger partial charge < -0.3 is 15.0 Å². The van der Waals surface area contributed by atoms with Gasteiger partial charge in [0.05, 0.1) is 12.7 Å². The fourth-order valence-electron chi connectivity index (χ4n) is 6.50. The first-order chi connectivity index (χ1) is 18.4. The number of H-pyrrole nitrogens is 1.